The third-order valence-electron chi connectivity index (χ3n) is 3.60. The molecule has 0 aromatic heterocycles. The largest absolute Gasteiger partial charge is 0.507 e. The van der Waals surface area contributed by atoms with E-state index in [2.05, 4.69) is 0 Å². The van der Waals surface area contributed by atoms with Gasteiger partial charge in [-0.25, -0.2) is 4.39 Å². The molecule has 0 bridgehead atoms. The number of aromatic hydroxyl groups is 1. The molecule has 20 heavy (non-hydrogen) atoms. The summed E-state index contributed by atoms with van der Waals surface area (Å²) in [6, 6.07) is 1.83. The van der Waals surface area contributed by atoms with Crippen LogP contribution in [0.2, 0.25) is 0 Å². The summed E-state index contributed by atoms with van der Waals surface area (Å²) in [6.07, 6.45) is 0. The minimum Gasteiger partial charge on any atom is -0.507 e. The van der Waals surface area contributed by atoms with Crippen molar-refractivity contribution < 1.29 is 9.50 Å². The van der Waals surface area contributed by atoms with Gasteiger partial charge in [-0.3, -0.25) is 0 Å². The quantitative estimate of drug-likeness (QED) is 0.672. The van der Waals surface area contributed by atoms with Gasteiger partial charge in [0.15, 0.2) is 0 Å². The van der Waals surface area contributed by atoms with Gasteiger partial charge in [0.25, 0.3) is 0 Å². The Morgan fingerprint density at radius 1 is 0.750 bits per heavy atom. The number of hydrogen-bond acceptors (Lipinski definition) is 1. The number of rotatable bonds is 0. The maximum absolute atomic E-state index is 14.9. The van der Waals surface area contributed by atoms with E-state index in [1.165, 1.54) is 0 Å². The Bertz CT molecular complexity index is 470. The maximum atomic E-state index is 14.9. The molecule has 114 valence electrons. The van der Waals surface area contributed by atoms with E-state index >= 15 is 0 Å². The second-order valence-electron chi connectivity index (χ2n) is 8.76. The van der Waals surface area contributed by atoms with Crippen LogP contribution in [-0.2, 0) is 16.2 Å². The molecule has 2 heteroatoms. The van der Waals surface area contributed by atoms with Gasteiger partial charge in [0.1, 0.15) is 11.6 Å². The van der Waals surface area contributed by atoms with Crippen LogP contribution in [0.3, 0.4) is 0 Å². The second kappa shape index (κ2) is 4.75. The summed E-state index contributed by atoms with van der Waals surface area (Å²) < 4.78 is 14.9. The minimum atomic E-state index is -0.435. The highest BCUT2D eigenvalue weighted by Gasteiger charge is 2.33. The van der Waals surface area contributed by atoms with Gasteiger partial charge in [-0.05, 0) is 27.9 Å². The molecule has 1 aromatic rings. The van der Waals surface area contributed by atoms with Crippen molar-refractivity contribution in [2.45, 2.75) is 78.6 Å². The SMILES string of the molecule is CC(C)(C)c1cc(C(C)(C)C)c(F)c(C(C)(C)C)c1O. The van der Waals surface area contributed by atoms with Crippen molar-refractivity contribution in [1.82, 2.24) is 0 Å². The summed E-state index contributed by atoms with van der Waals surface area (Å²) >= 11 is 0. The Kier molecular flexibility index (Phi) is 4.04. The highest BCUT2D eigenvalue weighted by Crippen LogP contribution is 2.44. The van der Waals surface area contributed by atoms with Crippen LogP contribution >= 0.6 is 0 Å². The Morgan fingerprint density at radius 3 is 1.45 bits per heavy atom. The van der Waals surface area contributed by atoms with Gasteiger partial charge >= 0.3 is 0 Å². The number of benzene rings is 1. The number of phenolic OH excluding ortho intramolecular Hbond substituents is 1. The van der Waals surface area contributed by atoms with E-state index in [0.29, 0.717) is 11.1 Å². The molecule has 0 spiro atoms. The fourth-order valence-electron chi connectivity index (χ4n) is 2.45. The van der Waals surface area contributed by atoms with Gasteiger partial charge in [0.05, 0.1) is 0 Å². The first-order chi connectivity index (χ1) is 8.67. The normalized spacial score (nSPS) is 13.7. The van der Waals surface area contributed by atoms with Gasteiger partial charge < -0.3 is 5.11 Å². The zero-order valence-corrected chi connectivity index (χ0v) is 14.4. The average Bonchev–Trinajstić information content (AvgIpc) is 2.10. The van der Waals surface area contributed by atoms with Crippen LogP contribution in [0.15, 0.2) is 6.07 Å². The van der Waals surface area contributed by atoms with E-state index in [9.17, 15) is 9.50 Å². The molecule has 0 amide bonds. The molecule has 1 nitrogen and oxygen atoms in total. The van der Waals surface area contributed by atoms with Crippen molar-refractivity contribution in [3.63, 3.8) is 0 Å². The molecule has 1 N–H and O–H groups in total. The summed E-state index contributed by atoms with van der Waals surface area (Å²) in [5.74, 6) is -0.161. The lowest BCUT2D eigenvalue weighted by Gasteiger charge is -2.32. The molecule has 1 rings (SSSR count). The van der Waals surface area contributed by atoms with Gasteiger partial charge in [-0.15, -0.1) is 0 Å². The highest BCUT2D eigenvalue weighted by atomic mass is 19.1. The van der Waals surface area contributed by atoms with Gasteiger partial charge in [-0.2, -0.15) is 0 Å². The summed E-state index contributed by atoms with van der Waals surface area (Å²) in [5.41, 5.74) is 0.958. The van der Waals surface area contributed by atoms with E-state index in [0.717, 1.165) is 5.56 Å². The molecule has 0 unspecified atom stereocenters. The summed E-state index contributed by atoms with van der Waals surface area (Å²) in [4.78, 5) is 0. The predicted octanol–water partition coefficient (Wildman–Crippen LogP) is 5.42. The van der Waals surface area contributed by atoms with Crippen molar-refractivity contribution in [3.05, 3.63) is 28.6 Å². The predicted molar refractivity (Wildman–Crippen MR) is 84.2 cm³/mol. The Hall–Kier alpha value is -1.05. The molecule has 0 aliphatic rings. The van der Waals surface area contributed by atoms with Crippen LogP contribution in [0.1, 0.15) is 79.0 Å². The van der Waals surface area contributed by atoms with Crippen LogP contribution in [0, 0.1) is 5.82 Å². The van der Waals surface area contributed by atoms with Gasteiger partial charge in [0, 0.05) is 11.1 Å². The van der Waals surface area contributed by atoms with Crippen molar-refractivity contribution >= 4 is 0 Å². The highest BCUT2D eigenvalue weighted by molar-refractivity contribution is 5.52. The van der Waals surface area contributed by atoms with E-state index in [-0.39, 0.29) is 22.4 Å². The molecule has 0 aliphatic carbocycles. The third-order valence-corrected chi connectivity index (χ3v) is 3.60. The van der Waals surface area contributed by atoms with E-state index in [1.54, 1.807) is 0 Å². The molecule has 0 aliphatic heterocycles. The van der Waals surface area contributed by atoms with Crippen LogP contribution in [0.4, 0.5) is 4.39 Å². The zero-order valence-electron chi connectivity index (χ0n) is 14.4. The average molecular weight is 280 g/mol. The summed E-state index contributed by atoms with van der Waals surface area (Å²) in [5, 5.41) is 10.6. The molecule has 0 atom stereocenters. The van der Waals surface area contributed by atoms with Crippen LogP contribution in [0.5, 0.6) is 5.75 Å². The lowest BCUT2D eigenvalue weighted by atomic mass is 9.74. The summed E-state index contributed by atoms with van der Waals surface area (Å²) in [6.45, 7) is 17.9. The van der Waals surface area contributed by atoms with Crippen LogP contribution in [0.25, 0.3) is 0 Å². The van der Waals surface area contributed by atoms with Crippen molar-refractivity contribution in [2.24, 2.45) is 0 Å². The molecule has 1 aromatic carbocycles. The molecule has 0 fully saturated rings. The smallest absolute Gasteiger partial charge is 0.134 e. The van der Waals surface area contributed by atoms with Crippen molar-refractivity contribution in [1.29, 1.82) is 0 Å². The molecule has 0 radical (unpaired) electrons. The van der Waals surface area contributed by atoms with Gasteiger partial charge in [0.2, 0.25) is 0 Å². The topological polar surface area (TPSA) is 20.2 Å². The number of phenols is 1. The monoisotopic (exact) mass is 280 g/mol. The molecule has 0 saturated heterocycles. The minimum absolute atomic E-state index is 0.107. The van der Waals surface area contributed by atoms with Crippen LogP contribution in [-0.4, -0.2) is 5.11 Å². The first-order valence-corrected chi connectivity index (χ1v) is 7.24. The number of halogens is 1. The zero-order chi connectivity index (χ0) is 16.1. The Labute approximate surface area is 123 Å². The molecular formula is C18H29FO. The Morgan fingerprint density at radius 2 is 1.15 bits per heavy atom. The first-order valence-electron chi connectivity index (χ1n) is 7.24. The fourth-order valence-corrected chi connectivity index (χ4v) is 2.45. The number of hydrogen-bond donors (Lipinski definition) is 1. The Balaban J connectivity index is 3.86. The van der Waals surface area contributed by atoms with E-state index in [1.807, 2.05) is 68.4 Å². The molecule has 0 heterocycles. The summed E-state index contributed by atoms with van der Waals surface area (Å²) in [7, 11) is 0. The fraction of sp³-hybridized carbons (Fsp3) is 0.667. The van der Waals surface area contributed by atoms with Crippen molar-refractivity contribution in [3.8, 4) is 5.75 Å². The molecule has 0 saturated carbocycles. The standard InChI is InChI=1S/C18H29FO/c1-16(2,3)11-10-12(17(4,5)6)15(20)13(14(11)19)18(7,8)9/h10,20H,1-9H3. The second-order valence-corrected chi connectivity index (χ2v) is 8.76. The molecular weight excluding hydrogens is 251 g/mol. The van der Waals surface area contributed by atoms with Gasteiger partial charge in [-0.1, -0.05) is 62.3 Å². The van der Waals surface area contributed by atoms with Crippen LogP contribution < -0.4 is 0 Å². The van der Waals surface area contributed by atoms with Crippen molar-refractivity contribution in [2.75, 3.05) is 0 Å². The lowest BCUT2D eigenvalue weighted by molar-refractivity contribution is 0.400. The van der Waals surface area contributed by atoms with E-state index in [4.69, 9.17) is 0 Å². The first kappa shape index (κ1) is 17.0. The third kappa shape index (κ3) is 3.16. The van der Waals surface area contributed by atoms with E-state index < -0.39 is 5.41 Å². The lowest BCUT2D eigenvalue weighted by Crippen LogP contribution is -2.24. The maximum Gasteiger partial charge on any atom is 0.134 e.